The maximum atomic E-state index is 12.8. The summed E-state index contributed by atoms with van der Waals surface area (Å²) in [6.45, 7) is 7.23. The lowest BCUT2D eigenvalue weighted by atomic mass is 9.99. The maximum Gasteiger partial charge on any atom is 0.349 e. The quantitative estimate of drug-likeness (QED) is 0.250. The van der Waals surface area contributed by atoms with Gasteiger partial charge in [-0.1, -0.05) is 57.9 Å². The molecular formula is C23H33NO5S. The second kappa shape index (κ2) is 11.0. The summed E-state index contributed by atoms with van der Waals surface area (Å²) in [5, 5.41) is 10.3. The molecule has 1 heterocycles. The molecule has 1 aliphatic heterocycles. The number of imide groups is 1. The van der Waals surface area contributed by atoms with Crippen molar-refractivity contribution in [2.75, 3.05) is 5.75 Å². The highest BCUT2D eigenvalue weighted by Gasteiger charge is 2.46. The van der Waals surface area contributed by atoms with Crippen molar-refractivity contribution in [1.82, 2.24) is 5.06 Å². The van der Waals surface area contributed by atoms with E-state index in [0.717, 1.165) is 36.6 Å². The summed E-state index contributed by atoms with van der Waals surface area (Å²) in [5.74, 6) is -1.84. The predicted octanol–water partition coefficient (Wildman–Crippen LogP) is 5.51. The summed E-state index contributed by atoms with van der Waals surface area (Å²) in [7, 11) is 0. The number of hydrogen-bond donors (Lipinski definition) is 1. The Morgan fingerprint density at radius 2 is 1.63 bits per heavy atom. The van der Waals surface area contributed by atoms with E-state index in [2.05, 4.69) is 6.92 Å². The van der Waals surface area contributed by atoms with Crippen molar-refractivity contribution in [3.63, 3.8) is 0 Å². The number of carboxylic acid groups (broad SMARTS) is 1. The number of carbonyl (C=O) groups is 3. The third kappa shape index (κ3) is 5.64. The molecule has 0 saturated carbocycles. The number of fused-ring (bicyclic) bond motifs is 1. The second-order valence-electron chi connectivity index (χ2n) is 8.00. The molecule has 2 amide bonds. The molecule has 1 aromatic rings. The molecule has 1 unspecified atom stereocenters. The minimum Gasteiger partial charge on any atom is -0.478 e. The van der Waals surface area contributed by atoms with Crippen LogP contribution < -0.4 is 0 Å². The monoisotopic (exact) mass is 435 g/mol. The summed E-state index contributed by atoms with van der Waals surface area (Å²) in [5.41, 5.74) is 2.15. The van der Waals surface area contributed by atoms with Gasteiger partial charge in [0.25, 0.3) is 11.8 Å². The van der Waals surface area contributed by atoms with E-state index in [-0.39, 0.29) is 5.56 Å². The minimum atomic E-state index is -1.71. The first-order chi connectivity index (χ1) is 14.2. The predicted molar refractivity (Wildman–Crippen MR) is 119 cm³/mol. The van der Waals surface area contributed by atoms with Crippen LogP contribution in [0.25, 0.3) is 0 Å². The fourth-order valence-corrected chi connectivity index (χ4v) is 4.45. The summed E-state index contributed by atoms with van der Waals surface area (Å²) >= 11 is 1.11. The first-order valence-corrected chi connectivity index (χ1v) is 11.8. The van der Waals surface area contributed by atoms with Crippen molar-refractivity contribution in [3.05, 3.63) is 34.4 Å². The van der Waals surface area contributed by atoms with Gasteiger partial charge in [-0.25, -0.2) is 9.63 Å². The Morgan fingerprint density at radius 1 is 1.03 bits per heavy atom. The molecule has 1 N–H and O–H groups in total. The van der Waals surface area contributed by atoms with Gasteiger partial charge in [0.1, 0.15) is 0 Å². The van der Waals surface area contributed by atoms with Crippen molar-refractivity contribution in [2.24, 2.45) is 0 Å². The van der Waals surface area contributed by atoms with Crippen LogP contribution in [0.5, 0.6) is 0 Å². The van der Waals surface area contributed by atoms with Crippen molar-refractivity contribution in [1.29, 1.82) is 0 Å². The molecular weight excluding hydrogens is 402 g/mol. The Morgan fingerprint density at radius 3 is 2.23 bits per heavy atom. The van der Waals surface area contributed by atoms with Crippen LogP contribution >= 0.6 is 11.8 Å². The highest BCUT2D eigenvalue weighted by atomic mass is 32.2. The normalized spacial score (nSPS) is 15.4. The minimum absolute atomic E-state index is 0.254. The third-order valence-electron chi connectivity index (χ3n) is 5.58. The number of aliphatic carboxylic acids is 1. The van der Waals surface area contributed by atoms with Gasteiger partial charge in [0.2, 0.25) is 4.93 Å². The lowest BCUT2D eigenvalue weighted by molar-refractivity contribution is -0.179. The number of rotatable bonds is 13. The number of carbonyl (C=O) groups excluding carboxylic acids is 2. The van der Waals surface area contributed by atoms with Crippen LogP contribution in [0.3, 0.4) is 0 Å². The van der Waals surface area contributed by atoms with Gasteiger partial charge in [-0.2, -0.15) is 0 Å². The molecule has 6 nitrogen and oxygen atoms in total. The molecule has 0 fully saturated rings. The maximum absolute atomic E-state index is 12.8. The van der Waals surface area contributed by atoms with E-state index in [1.54, 1.807) is 19.1 Å². The van der Waals surface area contributed by atoms with E-state index in [9.17, 15) is 19.5 Å². The average molecular weight is 436 g/mol. The third-order valence-corrected chi connectivity index (χ3v) is 6.87. The van der Waals surface area contributed by atoms with Gasteiger partial charge in [-0.05, 0) is 50.1 Å². The number of thioether (sulfide) groups is 1. The van der Waals surface area contributed by atoms with Crippen LogP contribution in [-0.2, 0) is 9.63 Å². The highest BCUT2D eigenvalue weighted by molar-refractivity contribution is 8.01. The number of hydrogen-bond acceptors (Lipinski definition) is 5. The van der Waals surface area contributed by atoms with Crippen molar-refractivity contribution in [2.45, 2.75) is 84.0 Å². The topological polar surface area (TPSA) is 83.9 Å². The fourth-order valence-electron chi connectivity index (χ4n) is 3.46. The highest BCUT2D eigenvalue weighted by Crippen LogP contribution is 2.34. The van der Waals surface area contributed by atoms with Gasteiger partial charge >= 0.3 is 5.97 Å². The van der Waals surface area contributed by atoms with Crippen molar-refractivity contribution >= 4 is 29.5 Å². The molecule has 1 atom stereocenters. The van der Waals surface area contributed by atoms with Gasteiger partial charge in [0, 0.05) is 0 Å². The Labute approximate surface area is 183 Å². The zero-order chi connectivity index (χ0) is 22.3. The molecule has 0 aliphatic carbocycles. The number of carboxylic acids is 1. The van der Waals surface area contributed by atoms with Gasteiger partial charge in [0.15, 0.2) is 0 Å². The zero-order valence-electron chi connectivity index (χ0n) is 18.5. The summed E-state index contributed by atoms with van der Waals surface area (Å²) < 4.78 is 0. The van der Waals surface area contributed by atoms with Crippen LogP contribution in [0.4, 0.5) is 0 Å². The number of nitrogens with zero attached hydrogens (tertiary/aromatic N) is 1. The molecule has 0 aromatic heterocycles. The van der Waals surface area contributed by atoms with E-state index in [1.807, 2.05) is 6.92 Å². The molecule has 2 rings (SSSR count). The van der Waals surface area contributed by atoms with Crippen LogP contribution in [-0.4, -0.2) is 38.6 Å². The smallest absolute Gasteiger partial charge is 0.349 e. The fraction of sp³-hybridized carbons (Fsp3) is 0.609. The Kier molecular flexibility index (Phi) is 8.92. The molecule has 0 bridgehead atoms. The standard InChI is InChI=1S/C23H33NO5S/c1-5-6-7-8-9-10-11-12-15-30-23(4,22(27)28)29-24-20(25)18-14-13-16(2)17(3)19(18)21(24)26/h13-14H,5-12,15H2,1-4H3,(H,27,28). The molecule has 30 heavy (non-hydrogen) atoms. The van der Waals surface area contributed by atoms with Crippen LogP contribution in [0.2, 0.25) is 0 Å². The van der Waals surface area contributed by atoms with Gasteiger partial charge < -0.3 is 5.11 Å². The number of aryl methyl sites for hydroxylation is 1. The molecule has 1 aliphatic rings. The molecule has 7 heteroatoms. The lowest BCUT2D eigenvalue weighted by Crippen LogP contribution is -2.44. The van der Waals surface area contributed by atoms with Gasteiger partial charge in [0.05, 0.1) is 11.1 Å². The first-order valence-electron chi connectivity index (χ1n) is 10.8. The van der Waals surface area contributed by atoms with E-state index in [4.69, 9.17) is 4.84 Å². The first kappa shape index (κ1) is 24.4. The van der Waals surface area contributed by atoms with E-state index in [1.165, 1.54) is 39.0 Å². The summed E-state index contributed by atoms with van der Waals surface area (Å²) in [6.07, 6.45) is 9.26. The molecule has 166 valence electrons. The number of benzene rings is 1. The second-order valence-corrected chi connectivity index (χ2v) is 9.48. The zero-order valence-corrected chi connectivity index (χ0v) is 19.3. The molecule has 1 aromatic carbocycles. The summed E-state index contributed by atoms with van der Waals surface area (Å²) in [6, 6.07) is 3.36. The van der Waals surface area contributed by atoms with E-state index in [0.29, 0.717) is 21.9 Å². The van der Waals surface area contributed by atoms with E-state index >= 15 is 0 Å². The van der Waals surface area contributed by atoms with E-state index < -0.39 is 22.7 Å². The van der Waals surface area contributed by atoms with Crippen molar-refractivity contribution in [3.8, 4) is 0 Å². The SMILES string of the molecule is CCCCCCCCCCSC(C)(ON1C(=O)c2ccc(C)c(C)c2C1=O)C(=O)O. The van der Waals surface area contributed by atoms with Crippen LogP contribution in [0.15, 0.2) is 12.1 Å². The number of unbranched alkanes of at least 4 members (excludes halogenated alkanes) is 7. The van der Waals surface area contributed by atoms with Crippen LogP contribution in [0, 0.1) is 13.8 Å². The Bertz CT molecular complexity index is 794. The lowest BCUT2D eigenvalue weighted by Gasteiger charge is -2.27. The molecule has 0 saturated heterocycles. The van der Waals surface area contributed by atoms with Gasteiger partial charge in [-0.15, -0.1) is 16.8 Å². The van der Waals surface area contributed by atoms with Crippen molar-refractivity contribution < 1.29 is 24.3 Å². The average Bonchev–Trinajstić information content (AvgIpc) is 2.94. The number of amides is 2. The summed E-state index contributed by atoms with van der Waals surface area (Å²) in [4.78, 5) is 41.2. The molecule has 0 radical (unpaired) electrons. The largest absolute Gasteiger partial charge is 0.478 e. The number of hydroxylamine groups is 2. The van der Waals surface area contributed by atoms with Crippen LogP contribution in [0.1, 0.15) is 97.1 Å². The Hall–Kier alpha value is -1.86. The van der Waals surface area contributed by atoms with Gasteiger partial charge in [-0.3, -0.25) is 9.59 Å². The Balaban J connectivity index is 1.92. The molecule has 0 spiro atoms.